The molecule has 1 atom stereocenters. The van der Waals surface area contributed by atoms with Gasteiger partial charge in [0.15, 0.2) is 0 Å². The molecule has 2 aliphatic rings. The van der Waals surface area contributed by atoms with Gasteiger partial charge in [-0.3, -0.25) is 4.79 Å². The highest BCUT2D eigenvalue weighted by atomic mass is 32.2. The molecule has 0 bridgehead atoms. The number of rotatable bonds is 3. The molecule has 0 aromatic heterocycles. The molecule has 132 valence electrons. The predicted octanol–water partition coefficient (Wildman–Crippen LogP) is 2.94. The summed E-state index contributed by atoms with van der Waals surface area (Å²) in [5, 5.41) is 0. The van der Waals surface area contributed by atoms with E-state index in [4.69, 9.17) is 0 Å². The van der Waals surface area contributed by atoms with Gasteiger partial charge in [-0.15, -0.1) is 0 Å². The van der Waals surface area contributed by atoms with Gasteiger partial charge in [-0.25, -0.2) is 8.42 Å². The lowest BCUT2D eigenvalue weighted by Crippen LogP contribution is -2.35. The first kappa shape index (κ1) is 17.4. The maximum absolute atomic E-state index is 12.9. The fourth-order valence-corrected chi connectivity index (χ4v) is 5.32. The van der Waals surface area contributed by atoms with Crippen molar-refractivity contribution in [1.82, 2.24) is 4.31 Å². The van der Waals surface area contributed by atoms with E-state index in [1.165, 1.54) is 0 Å². The van der Waals surface area contributed by atoms with Gasteiger partial charge in [0, 0.05) is 31.2 Å². The number of benzene rings is 1. The third-order valence-corrected chi connectivity index (χ3v) is 6.94. The minimum Gasteiger partial charge on any atom is -0.309 e. The van der Waals surface area contributed by atoms with Crippen molar-refractivity contribution in [1.29, 1.82) is 0 Å². The molecule has 2 aliphatic heterocycles. The number of carbonyl (C=O) groups excluding carboxylic acids is 1. The maximum Gasteiger partial charge on any atom is 0.243 e. The van der Waals surface area contributed by atoms with Gasteiger partial charge >= 0.3 is 0 Å². The van der Waals surface area contributed by atoms with E-state index in [1.54, 1.807) is 27.4 Å². The number of sulfonamides is 1. The highest BCUT2D eigenvalue weighted by Crippen LogP contribution is 2.35. The second kappa shape index (κ2) is 6.84. The standard InChI is InChI=1S/C18H26N2O3S/c1-3-18(21)20-14(2)12-15-13-16(8-9-17(15)20)24(22,23)19-10-6-4-5-7-11-19/h8-9,13-14H,3-7,10-12H2,1-2H3. The van der Waals surface area contributed by atoms with Crippen molar-refractivity contribution in [2.75, 3.05) is 18.0 Å². The zero-order valence-corrected chi connectivity index (χ0v) is 15.3. The van der Waals surface area contributed by atoms with E-state index in [2.05, 4.69) is 0 Å². The van der Waals surface area contributed by atoms with Crippen LogP contribution in [-0.4, -0.2) is 37.8 Å². The number of nitrogens with zero attached hydrogens (tertiary/aromatic N) is 2. The summed E-state index contributed by atoms with van der Waals surface area (Å²) < 4.78 is 27.5. The molecule has 1 amide bonds. The molecule has 1 fully saturated rings. The fraction of sp³-hybridized carbons (Fsp3) is 0.611. The molecule has 5 nitrogen and oxygen atoms in total. The second-order valence-corrected chi connectivity index (χ2v) is 8.72. The summed E-state index contributed by atoms with van der Waals surface area (Å²) in [6.45, 7) is 5.08. The van der Waals surface area contributed by atoms with Gasteiger partial charge in [0.1, 0.15) is 0 Å². The van der Waals surface area contributed by atoms with Crippen LogP contribution in [0.25, 0.3) is 0 Å². The summed E-state index contributed by atoms with van der Waals surface area (Å²) in [4.78, 5) is 14.3. The highest BCUT2D eigenvalue weighted by molar-refractivity contribution is 7.89. The molecule has 1 unspecified atom stereocenters. The van der Waals surface area contributed by atoms with Gasteiger partial charge in [0.2, 0.25) is 15.9 Å². The predicted molar refractivity (Wildman–Crippen MR) is 94.6 cm³/mol. The SMILES string of the molecule is CCC(=O)N1c2ccc(S(=O)(=O)N3CCCCCC3)cc2CC1C. The Hall–Kier alpha value is -1.40. The number of amides is 1. The van der Waals surface area contributed by atoms with Gasteiger partial charge in [0.25, 0.3) is 0 Å². The van der Waals surface area contributed by atoms with Crippen LogP contribution in [0.3, 0.4) is 0 Å². The zero-order chi connectivity index (χ0) is 17.3. The number of anilines is 1. The minimum atomic E-state index is -3.44. The van der Waals surface area contributed by atoms with Crippen molar-refractivity contribution in [3.63, 3.8) is 0 Å². The molecule has 1 aromatic rings. The van der Waals surface area contributed by atoms with E-state index in [0.717, 1.165) is 36.9 Å². The smallest absolute Gasteiger partial charge is 0.243 e. The highest BCUT2D eigenvalue weighted by Gasteiger charge is 2.32. The zero-order valence-electron chi connectivity index (χ0n) is 14.5. The molecule has 0 saturated carbocycles. The summed E-state index contributed by atoms with van der Waals surface area (Å²) in [5.74, 6) is 0.0874. The Kier molecular flexibility index (Phi) is 4.97. The van der Waals surface area contributed by atoms with Gasteiger partial charge in [-0.1, -0.05) is 19.8 Å². The number of hydrogen-bond donors (Lipinski definition) is 0. The van der Waals surface area contributed by atoms with Crippen molar-refractivity contribution in [3.8, 4) is 0 Å². The molecule has 0 aliphatic carbocycles. The van der Waals surface area contributed by atoms with Crippen molar-refractivity contribution in [2.24, 2.45) is 0 Å². The average Bonchev–Trinajstić information content (AvgIpc) is 2.74. The molecular formula is C18H26N2O3S. The summed E-state index contributed by atoms with van der Waals surface area (Å²) in [6.07, 6.45) is 5.23. The number of fused-ring (bicyclic) bond motifs is 1. The van der Waals surface area contributed by atoms with E-state index in [0.29, 0.717) is 30.8 Å². The first-order valence-electron chi connectivity index (χ1n) is 8.90. The van der Waals surface area contributed by atoms with E-state index in [1.807, 2.05) is 13.8 Å². The van der Waals surface area contributed by atoms with Crippen LogP contribution in [0.4, 0.5) is 5.69 Å². The lowest BCUT2D eigenvalue weighted by atomic mass is 10.1. The van der Waals surface area contributed by atoms with E-state index >= 15 is 0 Å². The molecule has 0 radical (unpaired) electrons. The molecule has 0 N–H and O–H groups in total. The molecular weight excluding hydrogens is 324 g/mol. The van der Waals surface area contributed by atoms with Crippen molar-refractivity contribution in [2.45, 2.75) is 63.3 Å². The largest absolute Gasteiger partial charge is 0.309 e. The van der Waals surface area contributed by atoms with Crippen LogP contribution in [0.2, 0.25) is 0 Å². The molecule has 24 heavy (non-hydrogen) atoms. The van der Waals surface area contributed by atoms with Crippen LogP contribution in [0.15, 0.2) is 23.1 Å². The van der Waals surface area contributed by atoms with Crippen LogP contribution in [0.5, 0.6) is 0 Å². The monoisotopic (exact) mass is 350 g/mol. The summed E-state index contributed by atoms with van der Waals surface area (Å²) in [7, 11) is -3.44. The molecule has 2 heterocycles. The van der Waals surface area contributed by atoms with E-state index in [9.17, 15) is 13.2 Å². The molecule has 6 heteroatoms. The topological polar surface area (TPSA) is 57.7 Å². The van der Waals surface area contributed by atoms with E-state index in [-0.39, 0.29) is 11.9 Å². The third-order valence-electron chi connectivity index (χ3n) is 5.04. The van der Waals surface area contributed by atoms with Crippen LogP contribution in [-0.2, 0) is 21.2 Å². The van der Waals surface area contributed by atoms with Crippen LogP contribution in [0, 0.1) is 0 Å². The molecule has 1 saturated heterocycles. The minimum absolute atomic E-state index is 0.0867. The van der Waals surface area contributed by atoms with E-state index < -0.39 is 10.0 Å². The lowest BCUT2D eigenvalue weighted by molar-refractivity contribution is -0.118. The van der Waals surface area contributed by atoms with Crippen LogP contribution < -0.4 is 4.90 Å². The summed E-state index contributed by atoms with van der Waals surface area (Å²) >= 11 is 0. The van der Waals surface area contributed by atoms with Crippen LogP contribution in [0.1, 0.15) is 51.5 Å². The Labute approximate surface area is 144 Å². The first-order chi connectivity index (χ1) is 11.4. The van der Waals surface area contributed by atoms with Gasteiger partial charge in [-0.05, 0) is 49.9 Å². The number of carbonyl (C=O) groups is 1. The normalized spacial score (nSPS) is 22.2. The summed E-state index contributed by atoms with van der Waals surface area (Å²) in [5.41, 5.74) is 1.82. The third kappa shape index (κ3) is 3.09. The van der Waals surface area contributed by atoms with Gasteiger partial charge in [0.05, 0.1) is 4.90 Å². The van der Waals surface area contributed by atoms with Gasteiger partial charge in [-0.2, -0.15) is 4.31 Å². The molecule has 1 aromatic carbocycles. The average molecular weight is 350 g/mol. The Bertz CT molecular complexity index is 722. The fourth-order valence-electron chi connectivity index (χ4n) is 3.75. The lowest BCUT2D eigenvalue weighted by Gasteiger charge is -2.23. The van der Waals surface area contributed by atoms with Gasteiger partial charge < -0.3 is 4.90 Å². The Morgan fingerprint density at radius 1 is 1.17 bits per heavy atom. The summed E-state index contributed by atoms with van der Waals surface area (Å²) in [6, 6.07) is 5.32. The first-order valence-corrected chi connectivity index (χ1v) is 10.3. The number of hydrogen-bond acceptors (Lipinski definition) is 3. The Balaban J connectivity index is 1.92. The second-order valence-electron chi connectivity index (χ2n) is 6.78. The molecule has 3 rings (SSSR count). The van der Waals surface area contributed by atoms with Crippen molar-refractivity contribution >= 4 is 21.6 Å². The quantitative estimate of drug-likeness (QED) is 0.842. The molecule has 0 spiro atoms. The Morgan fingerprint density at radius 3 is 2.46 bits per heavy atom. The van der Waals surface area contributed by atoms with Crippen LogP contribution >= 0.6 is 0 Å². The van der Waals surface area contributed by atoms with Crippen molar-refractivity contribution in [3.05, 3.63) is 23.8 Å². The van der Waals surface area contributed by atoms with Crippen molar-refractivity contribution < 1.29 is 13.2 Å². The maximum atomic E-state index is 12.9. The Morgan fingerprint density at radius 2 is 1.83 bits per heavy atom.